The first kappa shape index (κ1) is 9.35. The molecule has 0 atom stereocenters. The fourth-order valence-corrected chi connectivity index (χ4v) is 1.06. The Morgan fingerprint density at radius 3 is 2.38 bits per heavy atom. The second kappa shape index (κ2) is 4.33. The summed E-state index contributed by atoms with van der Waals surface area (Å²) in [5.41, 5.74) is 1.49. The minimum absolute atomic E-state index is 0.402. The van der Waals surface area contributed by atoms with Gasteiger partial charge in [-0.05, 0) is 0 Å². The summed E-state index contributed by atoms with van der Waals surface area (Å²) in [6.45, 7) is 0. The monoisotopic (exact) mass is 166 g/mol. The summed E-state index contributed by atoms with van der Waals surface area (Å²) in [4.78, 5) is 0. The molecular formula is C10H7BN2. The topological polar surface area (TPSA) is 47.6 Å². The van der Waals surface area contributed by atoms with Crippen molar-refractivity contribution in [2.45, 2.75) is 6.42 Å². The maximum Gasteiger partial charge on any atom is 0.137 e. The molecule has 0 aliphatic rings. The van der Waals surface area contributed by atoms with Gasteiger partial charge in [0, 0.05) is 6.42 Å². The molecule has 0 bridgehead atoms. The highest BCUT2D eigenvalue weighted by molar-refractivity contribution is 6.33. The van der Waals surface area contributed by atoms with Crippen LogP contribution in [0.3, 0.4) is 0 Å². The van der Waals surface area contributed by atoms with Gasteiger partial charge >= 0.3 is 0 Å². The first-order valence-electron chi connectivity index (χ1n) is 3.90. The van der Waals surface area contributed by atoms with Crippen LogP contribution in [-0.2, 0) is 6.42 Å². The minimum atomic E-state index is -0.607. The van der Waals surface area contributed by atoms with Crippen molar-refractivity contribution in [3.63, 3.8) is 0 Å². The van der Waals surface area contributed by atoms with Crippen molar-refractivity contribution in [2.24, 2.45) is 5.92 Å². The van der Waals surface area contributed by atoms with E-state index in [2.05, 4.69) is 0 Å². The molecule has 0 spiro atoms. The molecule has 0 amide bonds. The SMILES string of the molecule is [B]c1ccccc1CC(C#N)C#N. The van der Waals surface area contributed by atoms with Crippen molar-refractivity contribution in [2.75, 3.05) is 0 Å². The molecule has 1 aromatic carbocycles. The smallest absolute Gasteiger partial charge is 0.137 e. The van der Waals surface area contributed by atoms with Gasteiger partial charge in [-0.15, -0.1) is 0 Å². The van der Waals surface area contributed by atoms with E-state index in [1.807, 2.05) is 30.3 Å². The Morgan fingerprint density at radius 1 is 1.23 bits per heavy atom. The average molecular weight is 166 g/mol. The third kappa shape index (κ3) is 2.35. The van der Waals surface area contributed by atoms with Crippen molar-refractivity contribution in [3.8, 4) is 12.1 Å². The van der Waals surface area contributed by atoms with Crippen LogP contribution in [0.5, 0.6) is 0 Å². The molecule has 0 aromatic heterocycles. The molecule has 0 saturated heterocycles. The Morgan fingerprint density at radius 2 is 1.85 bits per heavy atom. The van der Waals surface area contributed by atoms with Gasteiger partial charge in [0.1, 0.15) is 13.8 Å². The highest BCUT2D eigenvalue weighted by Crippen LogP contribution is 2.04. The van der Waals surface area contributed by atoms with Crippen molar-refractivity contribution in [1.82, 2.24) is 0 Å². The van der Waals surface area contributed by atoms with Crippen molar-refractivity contribution >= 4 is 13.3 Å². The van der Waals surface area contributed by atoms with E-state index in [0.717, 1.165) is 5.56 Å². The van der Waals surface area contributed by atoms with Gasteiger partial charge in [-0.25, -0.2) is 0 Å². The van der Waals surface area contributed by atoms with E-state index < -0.39 is 5.92 Å². The Balaban J connectivity index is 2.82. The predicted octanol–water partition coefficient (Wildman–Crippen LogP) is 0.686. The standard InChI is InChI=1S/C10H7BN2/c11-10-4-2-1-3-9(10)5-8(6-12)7-13/h1-4,8H,5H2. The van der Waals surface area contributed by atoms with Gasteiger partial charge in [-0.3, -0.25) is 0 Å². The second-order valence-electron chi connectivity index (χ2n) is 2.71. The maximum absolute atomic E-state index is 8.56. The van der Waals surface area contributed by atoms with Crippen LogP contribution in [0.15, 0.2) is 24.3 Å². The van der Waals surface area contributed by atoms with Gasteiger partial charge in [-0.2, -0.15) is 10.5 Å². The first-order chi connectivity index (χ1) is 6.27. The van der Waals surface area contributed by atoms with Gasteiger partial charge in [0.25, 0.3) is 0 Å². The Kier molecular flexibility index (Phi) is 3.12. The zero-order chi connectivity index (χ0) is 9.68. The highest BCUT2D eigenvalue weighted by Gasteiger charge is 2.07. The lowest BCUT2D eigenvalue weighted by Crippen LogP contribution is -2.12. The predicted molar refractivity (Wildman–Crippen MR) is 50.3 cm³/mol. The summed E-state index contributed by atoms with van der Waals surface area (Å²) in [5, 5.41) is 17.1. The van der Waals surface area contributed by atoms with Crippen LogP contribution < -0.4 is 5.46 Å². The average Bonchev–Trinajstić information content (AvgIpc) is 2.17. The van der Waals surface area contributed by atoms with Crippen LogP contribution in [0, 0.1) is 28.6 Å². The van der Waals surface area contributed by atoms with Gasteiger partial charge in [-0.1, -0.05) is 35.3 Å². The Bertz CT molecular complexity index is 359. The number of hydrogen-bond donors (Lipinski definition) is 0. The summed E-state index contributed by atoms with van der Waals surface area (Å²) in [6.07, 6.45) is 0.402. The maximum atomic E-state index is 8.56. The molecule has 1 rings (SSSR count). The number of nitriles is 2. The van der Waals surface area contributed by atoms with E-state index in [1.54, 1.807) is 6.07 Å². The summed E-state index contributed by atoms with van der Waals surface area (Å²) in [6, 6.07) is 11.1. The lowest BCUT2D eigenvalue weighted by molar-refractivity contribution is 0.838. The molecule has 13 heavy (non-hydrogen) atoms. The van der Waals surface area contributed by atoms with E-state index in [9.17, 15) is 0 Å². The molecule has 0 unspecified atom stereocenters. The quantitative estimate of drug-likeness (QED) is 0.606. The zero-order valence-electron chi connectivity index (χ0n) is 7.07. The Hall–Kier alpha value is -1.74. The van der Waals surface area contributed by atoms with Crippen molar-refractivity contribution in [1.29, 1.82) is 10.5 Å². The van der Waals surface area contributed by atoms with Gasteiger partial charge < -0.3 is 0 Å². The van der Waals surface area contributed by atoms with Gasteiger partial charge in [0.2, 0.25) is 0 Å². The molecule has 0 heterocycles. The molecule has 2 nitrogen and oxygen atoms in total. The number of nitrogens with zero attached hydrogens (tertiary/aromatic N) is 2. The fraction of sp³-hybridized carbons (Fsp3) is 0.200. The van der Waals surface area contributed by atoms with E-state index in [0.29, 0.717) is 11.9 Å². The summed E-state index contributed by atoms with van der Waals surface area (Å²) in [5.74, 6) is -0.607. The molecular weight excluding hydrogens is 159 g/mol. The van der Waals surface area contributed by atoms with E-state index in [-0.39, 0.29) is 0 Å². The molecule has 0 aliphatic heterocycles. The van der Waals surface area contributed by atoms with Crippen LogP contribution in [0.25, 0.3) is 0 Å². The third-order valence-corrected chi connectivity index (χ3v) is 1.79. The number of hydrogen-bond acceptors (Lipinski definition) is 2. The second-order valence-corrected chi connectivity index (χ2v) is 2.71. The fourth-order valence-electron chi connectivity index (χ4n) is 1.06. The normalized spacial score (nSPS) is 9.15. The van der Waals surface area contributed by atoms with Crippen LogP contribution >= 0.6 is 0 Å². The third-order valence-electron chi connectivity index (χ3n) is 1.79. The Labute approximate surface area is 78.8 Å². The molecule has 60 valence electrons. The summed E-state index contributed by atoms with van der Waals surface area (Å²) in [7, 11) is 5.66. The lowest BCUT2D eigenvalue weighted by atomic mass is 9.87. The molecule has 1 aromatic rings. The molecule has 2 radical (unpaired) electrons. The molecule has 3 heteroatoms. The molecule has 0 saturated carbocycles. The number of benzene rings is 1. The van der Waals surface area contributed by atoms with Crippen molar-refractivity contribution in [3.05, 3.63) is 29.8 Å². The van der Waals surface area contributed by atoms with Crippen LogP contribution in [0.1, 0.15) is 5.56 Å². The van der Waals surface area contributed by atoms with Crippen LogP contribution in [0.4, 0.5) is 0 Å². The summed E-state index contributed by atoms with van der Waals surface area (Å²) >= 11 is 0. The first-order valence-corrected chi connectivity index (χ1v) is 3.90. The molecule has 0 aliphatic carbocycles. The van der Waals surface area contributed by atoms with E-state index >= 15 is 0 Å². The highest BCUT2D eigenvalue weighted by atomic mass is 14.3. The molecule has 0 N–H and O–H groups in total. The minimum Gasteiger partial charge on any atom is -0.197 e. The largest absolute Gasteiger partial charge is 0.197 e. The van der Waals surface area contributed by atoms with E-state index in [4.69, 9.17) is 18.4 Å². The van der Waals surface area contributed by atoms with Gasteiger partial charge in [0.05, 0.1) is 12.1 Å². The zero-order valence-corrected chi connectivity index (χ0v) is 7.07. The number of rotatable bonds is 2. The van der Waals surface area contributed by atoms with E-state index in [1.165, 1.54) is 0 Å². The molecule has 0 fully saturated rings. The van der Waals surface area contributed by atoms with Crippen molar-refractivity contribution < 1.29 is 0 Å². The lowest BCUT2D eigenvalue weighted by Gasteiger charge is -2.04. The van der Waals surface area contributed by atoms with Gasteiger partial charge in [0.15, 0.2) is 0 Å². The van der Waals surface area contributed by atoms with Crippen LogP contribution in [-0.4, -0.2) is 7.85 Å². The summed E-state index contributed by atoms with van der Waals surface area (Å²) < 4.78 is 0. The van der Waals surface area contributed by atoms with Crippen LogP contribution in [0.2, 0.25) is 0 Å².